The van der Waals surface area contributed by atoms with Gasteiger partial charge < -0.3 is 10.2 Å². The Kier molecular flexibility index (Phi) is 4.17. The Morgan fingerprint density at radius 3 is 2.64 bits per heavy atom. The smallest absolute Gasteiger partial charge is 0.122 e. The van der Waals surface area contributed by atoms with E-state index in [4.69, 9.17) is 10.2 Å². The molecule has 3 heteroatoms. The van der Waals surface area contributed by atoms with Gasteiger partial charge in [0.2, 0.25) is 0 Å². The summed E-state index contributed by atoms with van der Waals surface area (Å²) in [7, 11) is 2.07. The van der Waals surface area contributed by atoms with Crippen LogP contribution in [0.2, 0.25) is 0 Å². The van der Waals surface area contributed by atoms with E-state index < -0.39 is 0 Å². The van der Waals surface area contributed by atoms with E-state index >= 15 is 0 Å². The van der Waals surface area contributed by atoms with Gasteiger partial charge in [-0.05, 0) is 32.1 Å². The maximum atomic E-state index is 6.08. The summed E-state index contributed by atoms with van der Waals surface area (Å²) < 4.78 is 5.42. The third kappa shape index (κ3) is 2.36. The fourth-order valence-corrected chi connectivity index (χ4v) is 1.63. The second-order valence-corrected chi connectivity index (χ2v) is 3.61. The summed E-state index contributed by atoms with van der Waals surface area (Å²) in [5, 5.41) is 0. The second-order valence-electron chi connectivity index (χ2n) is 3.61. The van der Waals surface area contributed by atoms with E-state index in [1.165, 1.54) is 0 Å². The Morgan fingerprint density at radius 2 is 2.21 bits per heavy atom. The highest BCUT2D eigenvalue weighted by Gasteiger charge is 2.24. The molecule has 3 nitrogen and oxygen atoms in total. The van der Waals surface area contributed by atoms with Gasteiger partial charge in [0.15, 0.2) is 0 Å². The molecule has 2 unspecified atom stereocenters. The largest absolute Gasteiger partial charge is 0.468 e. The summed E-state index contributed by atoms with van der Waals surface area (Å²) in [4.78, 5) is 2.22. The first-order chi connectivity index (χ1) is 6.70. The Balaban J connectivity index is 2.82. The van der Waals surface area contributed by atoms with E-state index in [0.717, 1.165) is 18.7 Å². The number of nitrogens with two attached hydrogens (primary N) is 1. The van der Waals surface area contributed by atoms with Crippen molar-refractivity contribution in [3.8, 4) is 0 Å². The van der Waals surface area contributed by atoms with Crippen molar-refractivity contribution in [1.29, 1.82) is 0 Å². The van der Waals surface area contributed by atoms with Crippen LogP contribution in [0.25, 0.3) is 0 Å². The molecule has 2 atom stereocenters. The predicted molar refractivity (Wildman–Crippen MR) is 58.0 cm³/mol. The van der Waals surface area contributed by atoms with Crippen LogP contribution in [0.4, 0.5) is 0 Å². The minimum Gasteiger partial charge on any atom is -0.468 e. The number of nitrogens with zero attached hydrogens (tertiary/aromatic N) is 1. The zero-order valence-corrected chi connectivity index (χ0v) is 9.23. The van der Waals surface area contributed by atoms with E-state index in [9.17, 15) is 0 Å². The molecule has 0 aromatic carbocycles. The molecule has 0 aliphatic carbocycles. The standard InChI is InChI=1S/C11H20N2O/c1-4-9(12)11(13(3)5-2)10-7-6-8-14-10/h6-9,11H,4-5,12H2,1-3H3. The van der Waals surface area contributed by atoms with E-state index in [0.29, 0.717) is 0 Å². The van der Waals surface area contributed by atoms with Gasteiger partial charge in [-0.1, -0.05) is 13.8 Å². The Labute approximate surface area is 85.9 Å². The Hall–Kier alpha value is -0.800. The predicted octanol–water partition coefficient (Wildman–Crippen LogP) is 2.01. The summed E-state index contributed by atoms with van der Waals surface area (Å²) in [5.74, 6) is 0.962. The van der Waals surface area contributed by atoms with Crippen molar-refractivity contribution in [3.05, 3.63) is 24.2 Å². The number of rotatable bonds is 5. The molecule has 0 amide bonds. The van der Waals surface area contributed by atoms with Crippen LogP contribution in [0.5, 0.6) is 0 Å². The summed E-state index contributed by atoms with van der Waals surface area (Å²) in [5.41, 5.74) is 6.08. The summed E-state index contributed by atoms with van der Waals surface area (Å²) >= 11 is 0. The average molecular weight is 196 g/mol. The summed E-state index contributed by atoms with van der Waals surface area (Å²) in [6, 6.07) is 4.23. The molecule has 1 aromatic heterocycles. The van der Waals surface area contributed by atoms with Gasteiger partial charge in [0.25, 0.3) is 0 Å². The lowest BCUT2D eigenvalue weighted by Gasteiger charge is -2.29. The van der Waals surface area contributed by atoms with Gasteiger partial charge in [-0.3, -0.25) is 4.90 Å². The molecule has 0 bridgehead atoms. The van der Waals surface area contributed by atoms with E-state index in [2.05, 4.69) is 25.8 Å². The van der Waals surface area contributed by atoms with Crippen LogP contribution >= 0.6 is 0 Å². The van der Waals surface area contributed by atoms with Crippen LogP contribution in [0.1, 0.15) is 32.1 Å². The zero-order valence-electron chi connectivity index (χ0n) is 9.23. The lowest BCUT2D eigenvalue weighted by Crippen LogP contribution is -2.38. The molecule has 2 N–H and O–H groups in total. The van der Waals surface area contributed by atoms with Gasteiger partial charge in [-0.2, -0.15) is 0 Å². The third-order valence-electron chi connectivity index (χ3n) is 2.69. The highest BCUT2D eigenvalue weighted by Crippen LogP contribution is 2.23. The first kappa shape index (κ1) is 11.3. The molecular formula is C11H20N2O. The molecule has 14 heavy (non-hydrogen) atoms. The summed E-state index contributed by atoms with van der Waals surface area (Å²) in [6.45, 7) is 5.20. The highest BCUT2D eigenvalue weighted by molar-refractivity contribution is 5.07. The van der Waals surface area contributed by atoms with Crippen molar-refractivity contribution in [1.82, 2.24) is 4.90 Å². The van der Waals surface area contributed by atoms with Crippen LogP contribution in [-0.4, -0.2) is 24.5 Å². The third-order valence-corrected chi connectivity index (χ3v) is 2.69. The molecule has 1 heterocycles. The lowest BCUT2D eigenvalue weighted by atomic mass is 10.0. The maximum absolute atomic E-state index is 6.08. The monoisotopic (exact) mass is 196 g/mol. The molecule has 0 aliphatic rings. The minimum atomic E-state index is 0.131. The van der Waals surface area contributed by atoms with E-state index in [1.807, 2.05) is 12.1 Å². The highest BCUT2D eigenvalue weighted by atomic mass is 16.3. The molecule has 0 aliphatic heterocycles. The first-order valence-corrected chi connectivity index (χ1v) is 5.19. The van der Waals surface area contributed by atoms with E-state index in [1.54, 1.807) is 6.26 Å². The average Bonchev–Trinajstić information content (AvgIpc) is 2.70. The minimum absolute atomic E-state index is 0.131. The van der Waals surface area contributed by atoms with Crippen molar-refractivity contribution < 1.29 is 4.42 Å². The van der Waals surface area contributed by atoms with Gasteiger partial charge in [-0.15, -0.1) is 0 Å². The SMILES string of the molecule is CCC(N)C(c1ccco1)N(C)CC. The van der Waals surface area contributed by atoms with Crippen LogP contribution in [0.15, 0.2) is 22.8 Å². The fourth-order valence-electron chi connectivity index (χ4n) is 1.63. The molecular weight excluding hydrogens is 176 g/mol. The number of furan rings is 1. The van der Waals surface area contributed by atoms with Crippen LogP contribution in [0, 0.1) is 0 Å². The van der Waals surface area contributed by atoms with Crippen molar-refractivity contribution in [2.75, 3.05) is 13.6 Å². The lowest BCUT2D eigenvalue weighted by molar-refractivity contribution is 0.191. The maximum Gasteiger partial charge on any atom is 0.122 e. The van der Waals surface area contributed by atoms with Crippen molar-refractivity contribution in [2.24, 2.45) is 5.73 Å². The molecule has 0 spiro atoms. The number of likely N-dealkylation sites (N-methyl/N-ethyl adjacent to an activating group) is 1. The molecule has 0 radical (unpaired) electrons. The zero-order chi connectivity index (χ0) is 10.6. The van der Waals surface area contributed by atoms with Gasteiger partial charge in [0.1, 0.15) is 5.76 Å². The number of hydrogen-bond donors (Lipinski definition) is 1. The topological polar surface area (TPSA) is 42.4 Å². The van der Waals surface area contributed by atoms with Gasteiger partial charge >= 0.3 is 0 Å². The molecule has 1 rings (SSSR count). The molecule has 0 fully saturated rings. The molecule has 0 saturated carbocycles. The number of hydrogen-bond acceptors (Lipinski definition) is 3. The Morgan fingerprint density at radius 1 is 1.50 bits per heavy atom. The van der Waals surface area contributed by atoms with Crippen LogP contribution < -0.4 is 5.73 Å². The fraction of sp³-hybridized carbons (Fsp3) is 0.636. The van der Waals surface area contributed by atoms with Gasteiger partial charge in [0, 0.05) is 6.04 Å². The van der Waals surface area contributed by atoms with Crippen molar-refractivity contribution >= 4 is 0 Å². The Bertz CT molecular complexity index is 236. The van der Waals surface area contributed by atoms with Gasteiger partial charge in [0.05, 0.1) is 12.3 Å². The van der Waals surface area contributed by atoms with Crippen LogP contribution in [0.3, 0.4) is 0 Å². The normalized spacial score (nSPS) is 15.8. The second kappa shape index (κ2) is 5.17. The molecule has 80 valence electrons. The van der Waals surface area contributed by atoms with Crippen LogP contribution in [-0.2, 0) is 0 Å². The van der Waals surface area contributed by atoms with Crippen molar-refractivity contribution in [2.45, 2.75) is 32.4 Å². The quantitative estimate of drug-likeness (QED) is 0.783. The first-order valence-electron chi connectivity index (χ1n) is 5.19. The molecule has 0 saturated heterocycles. The van der Waals surface area contributed by atoms with Crippen molar-refractivity contribution in [3.63, 3.8) is 0 Å². The van der Waals surface area contributed by atoms with E-state index in [-0.39, 0.29) is 12.1 Å². The molecule has 1 aromatic rings. The summed E-state index contributed by atoms with van der Waals surface area (Å²) in [6.07, 6.45) is 2.66. The van der Waals surface area contributed by atoms with Gasteiger partial charge in [-0.25, -0.2) is 0 Å².